The minimum absolute atomic E-state index is 0.206. The van der Waals surface area contributed by atoms with Crippen LogP contribution in [0, 0.1) is 6.92 Å². The third kappa shape index (κ3) is 1.82. The van der Waals surface area contributed by atoms with Gasteiger partial charge in [0, 0.05) is 18.6 Å². The average molecular weight is 208 g/mol. The van der Waals surface area contributed by atoms with Crippen LogP contribution in [0.3, 0.4) is 0 Å². The summed E-state index contributed by atoms with van der Waals surface area (Å²) in [5.74, 6) is 1.05. The van der Waals surface area contributed by atoms with Crippen molar-refractivity contribution < 1.29 is 4.42 Å². The van der Waals surface area contributed by atoms with Crippen molar-refractivity contribution in [3.63, 3.8) is 0 Å². The van der Waals surface area contributed by atoms with E-state index in [0.717, 1.165) is 18.7 Å². The molecule has 2 heterocycles. The summed E-state index contributed by atoms with van der Waals surface area (Å²) in [6, 6.07) is 3.00. The Hall–Kier alpha value is -0.800. The molecule has 0 aromatic carbocycles. The first-order valence-corrected chi connectivity index (χ1v) is 5.66. The van der Waals surface area contributed by atoms with Gasteiger partial charge < -0.3 is 10.2 Å². The van der Waals surface area contributed by atoms with Gasteiger partial charge in [-0.15, -0.1) is 0 Å². The number of nitrogens with zero attached hydrogens (tertiary/aromatic N) is 1. The number of hydrogen-bond acceptors (Lipinski definition) is 3. The van der Waals surface area contributed by atoms with Gasteiger partial charge in [-0.3, -0.25) is 4.90 Å². The molecule has 2 atom stereocenters. The fourth-order valence-corrected chi connectivity index (χ4v) is 2.45. The van der Waals surface area contributed by atoms with Crippen molar-refractivity contribution >= 4 is 0 Å². The van der Waals surface area contributed by atoms with E-state index in [1.807, 2.05) is 6.07 Å². The molecule has 84 valence electrons. The number of aryl methyl sites for hydroxylation is 1. The standard InChI is InChI=1S/C12H20N2O/c1-8(2)14-6-4-10(13)11(14)12-9(3)5-7-15-12/h5,7-8,10-11H,4,6,13H2,1-3H3. The molecule has 0 amide bonds. The van der Waals surface area contributed by atoms with Gasteiger partial charge in [-0.1, -0.05) is 0 Å². The maximum atomic E-state index is 6.17. The predicted molar refractivity (Wildman–Crippen MR) is 60.6 cm³/mol. The van der Waals surface area contributed by atoms with Gasteiger partial charge in [-0.2, -0.15) is 0 Å². The Bertz CT molecular complexity index is 332. The minimum Gasteiger partial charge on any atom is -0.467 e. The summed E-state index contributed by atoms with van der Waals surface area (Å²) in [6.07, 6.45) is 2.82. The summed E-state index contributed by atoms with van der Waals surface area (Å²) >= 11 is 0. The molecule has 3 nitrogen and oxygen atoms in total. The van der Waals surface area contributed by atoms with Crippen LogP contribution in [0.1, 0.15) is 37.6 Å². The normalized spacial score (nSPS) is 27.8. The summed E-state index contributed by atoms with van der Waals surface area (Å²) < 4.78 is 5.58. The van der Waals surface area contributed by atoms with E-state index in [9.17, 15) is 0 Å². The summed E-state index contributed by atoms with van der Waals surface area (Å²) in [7, 11) is 0. The highest BCUT2D eigenvalue weighted by atomic mass is 16.3. The number of hydrogen-bond donors (Lipinski definition) is 1. The maximum Gasteiger partial charge on any atom is 0.125 e. The Labute approximate surface area is 91.2 Å². The zero-order valence-electron chi connectivity index (χ0n) is 9.73. The molecular weight excluding hydrogens is 188 g/mol. The van der Waals surface area contributed by atoms with Crippen molar-refractivity contribution in [3.05, 3.63) is 23.7 Å². The minimum atomic E-state index is 0.206. The lowest BCUT2D eigenvalue weighted by Crippen LogP contribution is -2.36. The molecule has 1 aromatic heterocycles. The molecule has 0 bridgehead atoms. The molecule has 0 spiro atoms. The molecule has 0 radical (unpaired) electrons. The van der Waals surface area contributed by atoms with Crippen LogP contribution >= 0.6 is 0 Å². The molecular formula is C12H20N2O. The Balaban J connectivity index is 2.29. The molecule has 2 unspecified atom stereocenters. The first kappa shape index (κ1) is 10.7. The van der Waals surface area contributed by atoms with E-state index >= 15 is 0 Å². The van der Waals surface area contributed by atoms with Crippen LogP contribution in [0.15, 0.2) is 16.7 Å². The number of nitrogens with two attached hydrogens (primary N) is 1. The van der Waals surface area contributed by atoms with Crippen molar-refractivity contribution in [1.29, 1.82) is 0 Å². The lowest BCUT2D eigenvalue weighted by atomic mass is 10.0. The lowest BCUT2D eigenvalue weighted by molar-refractivity contribution is 0.176. The molecule has 1 saturated heterocycles. The molecule has 2 N–H and O–H groups in total. The fourth-order valence-electron chi connectivity index (χ4n) is 2.45. The molecule has 1 aliphatic heterocycles. The smallest absolute Gasteiger partial charge is 0.125 e. The van der Waals surface area contributed by atoms with Crippen LogP contribution in [0.2, 0.25) is 0 Å². The third-order valence-corrected chi connectivity index (χ3v) is 3.32. The van der Waals surface area contributed by atoms with E-state index < -0.39 is 0 Å². The second-order valence-corrected chi connectivity index (χ2v) is 4.70. The molecule has 1 fully saturated rings. The summed E-state index contributed by atoms with van der Waals surface area (Å²) in [5.41, 5.74) is 7.38. The molecule has 1 aliphatic rings. The monoisotopic (exact) mass is 208 g/mol. The SMILES string of the molecule is Cc1ccoc1C1C(N)CCN1C(C)C. The van der Waals surface area contributed by atoms with E-state index in [2.05, 4.69) is 25.7 Å². The van der Waals surface area contributed by atoms with Crippen LogP contribution in [-0.4, -0.2) is 23.5 Å². The number of rotatable bonds is 2. The van der Waals surface area contributed by atoms with Crippen LogP contribution < -0.4 is 5.73 Å². The van der Waals surface area contributed by atoms with E-state index in [-0.39, 0.29) is 12.1 Å². The highest BCUT2D eigenvalue weighted by Crippen LogP contribution is 2.34. The van der Waals surface area contributed by atoms with Crippen molar-refractivity contribution in [2.75, 3.05) is 6.54 Å². The predicted octanol–water partition coefficient (Wildman–Crippen LogP) is 2.07. The number of furan rings is 1. The molecule has 3 heteroatoms. The van der Waals surface area contributed by atoms with Gasteiger partial charge in [0.1, 0.15) is 5.76 Å². The van der Waals surface area contributed by atoms with Crippen molar-refractivity contribution in [1.82, 2.24) is 4.90 Å². The van der Waals surface area contributed by atoms with E-state index in [4.69, 9.17) is 10.2 Å². The third-order valence-electron chi connectivity index (χ3n) is 3.32. The van der Waals surface area contributed by atoms with E-state index in [1.165, 1.54) is 5.56 Å². The van der Waals surface area contributed by atoms with Crippen molar-refractivity contribution in [2.45, 2.75) is 45.3 Å². The van der Waals surface area contributed by atoms with Gasteiger partial charge >= 0.3 is 0 Å². The van der Waals surface area contributed by atoms with Gasteiger partial charge in [0.05, 0.1) is 12.3 Å². The Morgan fingerprint density at radius 2 is 2.27 bits per heavy atom. The van der Waals surface area contributed by atoms with E-state index in [1.54, 1.807) is 6.26 Å². The summed E-state index contributed by atoms with van der Waals surface area (Å²) in [6.45, 7) is 7.58. The van der Waals surface area contributed by atoms with Gasteiger partial charge in [-0.25, -0.2) is 0 Å². The Morgan fingerprint density at radius 1 is 1.53 bits per heavy atom. The summed E-state index contributed by atoms with van der Waals surface area (Å²) in [4.78, 5) is 2.43. The number of likely N-dealkylation sites (tertiary alicyclic amines) is 1. The zero-order chi connectivity index (χ0) is 11.0. The molecule has 15 heavy (non-hydrogen) atoms. The highest BCUT2D eigenvalue weighted by molar-refractivity contribution is 5.21. The zero-order valence-corrected chi connectivity index (χ0v) is 9.73. The topological polar surface area (TPSA) is 42.4 Å². The van der Waals surface area contributed by atoms with Gasteiger partial charge in [-0.05, 0) is 38.8 Å². The van der Waals surface area contributed by atoms with Crippen LogP contribution in [0.25, 0.3) is 0 Å². The lowest BCUT2D eigenvalue weighted by Gasteiger charge is -2.29. The Morgan fingerprint density at radius 3 is 2.80 bits per heavy atom. The molecule has 0 saturated carbocycles. The highest BCUT2D eigenvalue weighted by Gasteiger charge is 2.36. The maximum absolute atomic E-state index is 6.17. The van der Waals surface area contributed by atoms with Gasteiger partial charge in [0.25, 0.3) is 0 Å². The molecule has 2 rings (SSSR count). The quantitative estimate of drug-likeness (QED) is 0.809. The molecule has 1 aromatic rings. The van der Waals surface area contributed by atoms with Crippen LogP contribution in [0.5, 0.6) is 0 Å². The fraction of sp³-hybridized carbons (Fsp3) is 0.667. The first-order chi connectivity index (χ1) is 7.11. The first-order valence-electron chi connectivity index (χ1n) is 5.66. The van der Waals surface area contributed by atoms with Crippen molar-refractivity contribution in [2.24, 2.45) is 5.73 Å². The van der Waals surface area contributed by atoms with E-state index in [0.29, 0.717) is 6.04 Å². The second-order valence-electron chi connectivity index (χ2n) is 4.70. The van der Waals surface area contributed by atoms with Gasteiger partial charge in [0.15, 0.2) is 0 Å². The summed E-state index contributed by atoms with van der Waals surface area (Å²) in [5, 5.41) is 0. The Kier molecular flexibility index (Phi) is 2.85. The van der Waals surface area contributed by atoms with Crippen LogP contribution in [-0.2, 0) is 0 Å². The average Bonchev–Trinajstić information content (AvgIpc) is 2.71. The van der Waals surface area contributed by atoms with Crippen LogP contribution in [0.4, 0.5) is 0 Å². The van der Waals surface area contributed by atoms with Crippen molar-refractivity contribution in [3.8, 4) is 0 Å². The van der Waals surface area contributed by atoms with Gasteiger partial charge in [0.2, 0.25) is 0 Å². The second kappa shape index (κ2) is 3.99. The largest absolute Gasteiger partial charge is 0.467 e. The molecule has 0 aliphatic carbocycles.